The van der Waals surface area contributed by atoms with Gasteiger partial charge in [0, 0.05) is 25.6 Å². The number of hydrogen-bond acceptors (Lipinski definition) is 3. The van der Waals surface area contributed by atoms with Crippen molar-refractivity contribution in [2.24, 2.45) is 0 Å². The molecule has 0 spiro atoms. The Morgan fingerprint density at radius 1 is 1.27 bits per heavy atom. The summed E-state index contributed by atoms with van der Waals surface area (Å²) in [4.78, 5) is 11.2. The van der Waals surface area contributed by atoms with Crippen LogP contribution in [-0.4, -0.2) is 30.1 Å². The van der Waals surface area contributed by atoms with Crippen LogP contribution < -0.4 is 10.6 Å². The number of carbonyl (C=O) groups excluding carboxylic acids is 1. The number of hydrogen-bond donors (Lipinski definition) is 3. The largest absolute Gasteiger partial charge is 0.416 e. The van der Waals surface area contributed by atoms with Crippen molar-refractivity contribution in [3.05, 3.63) is 35.4 Å². The summed E-state index contributed by atoms with van der Waals surface area (Å²) in [6, 6.07) is 4.61. The third-order valence-electron chi connectivity index (χ3n) is 3.76. The maximum absolute atomic E-state index is 12.5. The molecule has 1 aliphatic rings. The molecule has 3 N–H and O–H groups in total. The third-order valence-corrected chi connectivity index (χ3v) is 3.76. The van der Waals surface area contributed by atoms with Crippen molar-refractivity contribution in [3.63, 3.8) is 0 Å². The predicted molar refractivity (Wildman–Crippen MR) is 75.1 cm³/mol. The topological polar surface area (TPSA) is 61.4 Å². The van der Waals surface area contributed by atoms with E-state index in [4.69, 9.17) is 0 Å². The Morgan fingerprint density at radius 3 is 2.59 bits per heavy atom. The van der Waals surface area contributed by atoms with Crippen LogP contribution in [0.5, 0.6) is 0 Å². The number of rotatable bonds is 4. The van der Waals surface area contributed by atoms with Crippen LogP contribution in [0.1, 0.15) is 36.5 Å². The molecular formula is C15H19F3N2O2. The number of benzene rings is 1. The standard InChI is InChI=1S/C15H19F3N2O2/c16-15(17,18)11-3-1-10(2-4-11)13(21)9-20-12-5-6-14(22)19-8-7-12/h1-4,12-13,20-21H,5-9H2,(H,19,22)/t12?,13-/m1/s1. The summed E-state index contributed by atoms with van der Waals surface area (Å²) in [7, 11) is 0. The molecule has 1 amide bonds. The van der Waals surface area contributed by atoms with E-state index >= 15 is 0 Å². The van der Waals surface area contributed by atoms with Crippen molar-refractivity contribution < 1.29 is 23.1 Å². The first kappa shape index (κ1) is 16.8. The molecule has 7 heteroatoms. The van der Waals surface area contributed by atoms with Gasteiger partial charge in [0.1, 0.15) is 0 Å². The first-order valence-electron chi connectivity index (χ1n) is 7.21. The number of amides is 1. The molecule has 1 saturated heterocycles. The SMILES string of the molecule is O=C1CCC(NC[C@@H](O)c2ccc(C(F)(F)F)cc2)CCN1. The Bertz CT molecular complexity index is 503. The van der Waals surface area contributed by atoms with E-state index in [9.17, 15) is 23.1 Å². The van der Waals surface area contributed by atoms with Gasteiger partial charge in [-0.05, 0) is 30.5 Å². The second-order valence-electron chi connectivity index (χ2n) is 5.42. The predicted octanol–water partition coefficient (Wildman–Crippen LogP) is 2.00. The number of alkyl halides is 3. The Morgan fingerprint density at radius 2 is 1.95 bits per heavy atom. The van der Waals surface area contributed by atoms with E-state index in [1.54, 1.807) is 0 Å². The molecule has 1 aliphatic heterocycles. The van der Waals surface area contributed by atoms with E-state index < -0.39 is 17.8 Å². The van der Waals surface area contributed by atoms with Gasteiger partial charge in [-0.2, -0.15) is 13.2 Å². The molecule has 2 atom stereocenters. The zero-order valence-corrected chi connectivity index (χ0v) is 12.0. The average molecular weight is 316 g/mol. The maximum atomic E-state index is 12.5. The van der Waals surface area contributed by atoms with Crippen LogP contribution in [0, 0.1) is 0 Å². The molecule has 4 nitrogen and oxygen atoms in total. The summed E-state index contributed by atoms with van der Waals surface area (Å²) in [6.45, 7) is 0.830. The summed E-state index contributed by atoms with van der Waals surface area (Å²) in [6.07, 6.45) is -3.36. The van der Waals surface area contributed by atoms with Crippen molar-refractivity contribution in [2.45, 2.75) is 37.6 Å². The summed E-state index contributed by atoms with van der Waals surface area (Å²) >= 11 is 0. The lowest BCUT2D eigenvalue weighted by molar-refractivity contribution is -0.137. The van der Waals surface area contributed by atoms with Gasteiger partial charge in [0.25, 0.3) is 0 Å². The fourth-order valence-electron chi connectivity index (χ4n) is 2.42. The van der Waals surface area contributed by atoms with Crippen LogP contribution in [0.2, 0.25) is 0 Å². The van der Waals surface area contributed by atoms with Gasteiger partial charge in [-0.25, -0.2) is 0 Å². The molecular weight excluding hydrogens is 297 g/mol. The maximum Gasteiger partial charge on any atom is 0.416 e. The van der Waals surface area contributed by atoms with Gasteiger partial charge in [0.05, 0.1) is 11.7 Å². The normalized spacial score (nSPS) is 21.1. The third kappa shape index (κ3) is 4.71. The second kappa shape index (κ2) is 7.11. The molecule has 2 rings (SSSR count). The van der Waals surface area contributed by atoms with Gasteiger partial charge in [0.2, 0.25) is 5.91 Å². The Balaban J connectivity index is 1.86. The van der Waals surface area contributed by atoms with Gasteiger partial charge < -0.3 is 15.7 Å². The van der Waals surface area contributed by atoms with Crippen LogP contribution >= 0.6 is 0 Å². The number of nitrogens with one attached hydrogen (secondary N) is 2. The summed E-state index contributed by atoms with van der Waals surface area (Å²) < 4.78 is 37.4. The van der Waals surface area contributed by atoms with E-state index in [1.807, 2.05) is 0 Å². The van der Waals surface area contributed by atoms with Crippen LogP contribution in [0.4, 0.5) is 13.2 Å². The van der Waals surface area contributed by atoms with Gasteiger partial charge in [-0.1, -0.05) is 12.1 Å². The van der Waals surface area contributed by atoms with E-state index in [0.29, 0.717) is 24.9 Å². The molecule has 0 aliphatic carbocycles. The van der Waals surface area contributed by atoms with Crippen molar-refractivity contribution in [1.82, 2.24) is 10.6 Å². The average Bonchev–Trinajstić information content (AvgIpc) is 2.68. The number of aliphatic hydroxyl groups is 1. The molecule has 22 heavy (non-hydrogen) atoms. The first-order chi connectivity index (χ1) is 10.4. The van der Waals surface area contributed by atoms with Gasteiger partial charge in [0.15, 0.2) is 0 Å². The zero-order chi connectivity index (χ0) is 16.2. The van der Waals surface area contributed by atoms with Crippen molar-refractivity contribution in [1.29, 1.82) is 0 Å². The molecule has 122 valence electrons. The van der Waals surface area contributed by atoms with E-state index in [1.165, 1.54) is 12.1 Å². The molecule has 1 unspecified atom stereocenters. The summed E-state index contributed by atoms with van der Waals surface area (Å²) in [5.74, 6) is 0.0209. The highest BCUT2D eigenvalue weighted by atomic mass is 19.4. The smallest absolute Gasteiger partial charge is 0.387 e. The molecule has 0 bridgehead atoms. The molecule has 0 aromatic heterocycles. The fraction of sp³-hybridized carbons (Fsp3) is 0.533. The van der Waals surface area contributed by atoms with Crippen LogP contribution in [-0.2, 0) is 11.0 Å². The lowest BCUT2D eigenvalue weighted by atomic mass is 10.1. The van der Waals surface area contributed by atoms with Gasteiger partial charge >= 0.3 is 6.18 Å². The number of aliphatic hydroxyl groups excluding tert-OH is 1. The molecule has 1 aromatic rings. The van der Waals surface area contributed by atoms with E-state index in [0.717, 1.165) is 18.6 Å². The van der Waals surface area contributed by atoms with E-state index in [2.05, 4.69) is 10.6 Å². The zero-order valence-electron chi connectivity index (χ0n) is 12.0. The highest BCUT2D eigenvalue weighted by Gasteiger charge is 2.30. The Hall–Kier alpha value is -1.60. The quantitative estimate of drug-likeness (QED) is 0.796. The molecule has 1 fully saturated rings. The van der Waals surface area contributed by atoms with Crippen LogP contribution in [0.25, 0.3) is 0 Å². The number of halogens is 3. The minimum atomic E-state index is -4.37. The molecule has 0 radical (unpaired) electrons. The monoisotopic (exact) mass is 316 g/mol. The molecule has 0 saturated carbocycles. The van der Waals surface area contributed by atoms with Crippen LogP contribution in [0.15, 0.2) is 24.3 Å². The lowest BCUT2D eigenvalue weighted by Gasteiger charge is -2.19. The summed E-state index contributed by atoms with van der Waals surface area (Å²) in [5, 5.41) is 16.0. The summed E-state index contributed by atoms with van der Waals surface area (Å²) in [5.41, 5.74) is -0.298. The lowest BCUT2D eigenvalue weighted by Crippen LogP contribution is -2.33. The van der Waals surface area contributed by atoms with Crippen LogP contribution in [0.3, 0.4) is 0 Å². The van der Waals surface area contributed by atoms with Crippen molar-refractivity contribution in [2.75, 3.05) is 13.1 Å². The van der Waals surface area contributed by atoms with Gasteiger partial charge in [-0.15, -0.1) is 0 Å². The highest BCUT2D eigenvalue weighted by molar-refractivity contribution is 5.76. The molecule has 1 aromatic carbocycles. The Kier molecular flexibility index (Phi) is 5.42. The highest BCUT2D eigenvalue weighted by Crippen LogP contribution is 2.29. The Labute approximate surface area is 126 Å². The van der Waals surface area contributed by atoms with Gasteiger partial charge in [-0.3, -0.25) is 4.79 Å². The number of carbonyl (C=O) groups is 1. The minimum absolute atomic E-state index is 0.0209. The fourth-order valence-corrected chi connectivity index (χ4v) is 2.42. The first-order valence-corrected chi connectivity index (χ1v) is 7.21. The van der Waals surface area contributed by atoms with Crippen molar-refractivity contribution in [3.8, 4) is 0 Å². The van der Waals surface area contributed by atoms with E-state index in [-0.39, 0.29) is 18.5 Å². The minimum Gasteiger partial charge on any atom is -0.387 e. The molecule has 1 heterocycles. The van der Waals surface area contributed by atoms with Crippen molar-refractivity contribution >= 4 is 5.91 Å². The second-order valence-corrected chi connectivity index (χ2v) is 5.42.